The lowest BCUT2D eigenvalue weighted by atomic mass is 10.0. The number of aliphatic hydroxyl groups excluding tert-OH is 1. The summed E-state index contributed by atoms with van der Waals surface area (Å²) in [5.74, 6) is -1.63. The third kappa shape index (κ3) is 3.65. The van der Waals surface area contributed by atoms with Crippen LogP contribution in [0, 0.1) is 0 Å². The molecule has 24 heavy (non-hydrogen) atoms. The Hall–Kier alpha value is -2.61. The third-order valence-electron chi connectivity index (χ3n) is 3.66. The van der Waals surface area contributed by atoms with Crippen LogP contribution < -0.4 is 15.0 Å². The number of fused-ring (bicyclic) bond motifs is 1. The predicted molar refractivity (Wildman–Crippen MR) is 84.8 cm³/mol. The van der Waals surface area contributed by atoms with Crippen LogP contribution in [0.2, 0.25) is 0 Å². The van der Waals surface area contributed by atoms with E-state index in [1.54, 1.807) is 38.1 Å². The lowest BCUT2D eigenvalue weighted by molar-refractivity contribution is -0.143. The normalized spacial score (nSPS) is 16.8. The molecular weight excluding hydrogens is 316 g/mol. The summed E-state index contributed by atoms with van der Waals surface area (Å²) in [5.41, 5.74) is -0.494. The standard InChI is InChI=1S/C16H20N2O6/c1-16(2)15(23)18(11-5-3-4-6-12(11)24-16)8-7-13(20)17-10(9-19)14(21)22/h3-6,10,19H,7-9H2,1-2H3,(H,17,20)(H,21,22). The number of carboxylic acid groups (broad SMARTS) is 1. The molecule has 0 fully saturated rings. The van der Waals surface area contributed by atoms with Crippen molar-refractivity contribution >= 4 is 23.5 Å². The van der Waals surface area contributed by atoms with Crippen LogP contribution in [0.25, 0.3) is 0 Å². The maximum Gasteiger partial charge on any atom is 0.328 e. The van der Waals surface area contributed by atoms with Crippen molar-refractivity contribution in [1.29, 1.82) is 0 Å². The monoisotopic (exact) mass is 336 g/mol. The van der Waals surface area contributed by atoms with E-state index in [0.29, 0.717) is 11.4 Å². The van der Waals surface area contributed by atoms with E-state index < -0.39 is 30.1 Å². The van der Waals surface area contributed by atoms with Crippen molar-refractivity contribution in [3.8, 4) is 5.75 Å². The van der Waals surface area contributed by atoms with Gasteiger partial charge in [-0.15, -0.1) is 0 Å². The molecule has 1 heterocycles. The van der Waals surface area contributed by atoms with Gasteiger partial charge in [-0.3, -0.25) is 9.59 Å². The largest absolute Gasteiger partial charge is 0.480 e. The van der Waals surface area contributed by atoms with Crippen LogP contribution in [0.5, 0.6) is 5.75 Å². The van der Waals surface area contributed by atoms with Gasteiger partial charge in [-0.25, -0.2) is 4.79 Å². The second kappa shape index (κ2) is 6.88. The highest BCUT2D eigenvalue weighted by Crippen LogP contribution is 2.37. The average molecular weight is 336 g/mol. The van der Waals surface area contributed by atoms with Gasteiger partial charge in [0.05, 0.1) is 12.3 Å². The summed E-state index contributed by atoms with van der Waals surface area (Å²) < 4.78 is 5.68. The Morgan fingerprint density at radius 2 is 2.00 bits per heavy atom. The second-order valence-corrected chi connectivity index (χ2v) is 5.93. The Balaban J connectivity index is 2.10. The Morgan fingerprint density at radius 1 is 1.33 bits per heavy atom. The number of carbonyl (C=O) groups is 3. The average Bonchev–Trinajstić information content (AvgIpc) is 2.52. The molecule has 0 radical (unpaired) electrons. The van der Waals surface area contributed by atoms with Gasteiger partial charge in [-0.1, -0.05) is 12.1 Å². The highest BCUT2D eigenvalue weighted by Gasteiger charge is 2.40. The van der Waals surface area contributed by atoms with Crippen molar-refractivity contribution in [2.24, 2.45) is 0 Å². The number of nitrogens with zero attached hydrogens (tertiary/aromatic N) is 1. The molecule has 0 bridgehead atoms. The van der Waals surface area contributed by atoms with Gasteiger partial charge in [0.25, 0.3) is 5.91 Å². The second-order valence-electron chi connectivity index (χ2n) is 5.93. The van der Waals surface area contributed by atoms with E-state index in [9.17, 15) is 14.4 Å². The number of carboxylic acids is 1. The minimum Gasteiger partial charge on any atom is -0.480 e. The number of hydrogen-bond acceptors (Lipinski definition) is 5. The summed E-state index contributed by atoms with van der Waals surface area (Å²) in [5, 5.41) is 20.0. The van der Waals surface area contributed by atoms with Crippen molar-refractivity contribution < 1.29 is 29.3 Å². The maximum atomic E-state index is 12.5. The molecule has 1 aromatic carbocycles. The fourth-order valence-electron chi connectivity index (χ4n) is 2.41. The molecule has 0 saturated carbocycles. The molecule has 1 aliphatic heterocycles. The number of para-hydroxylation sites is 2. The van der Waals surface area contributed by atoms with Crippen molar-refractivity contribution in [2.75, 3.05) is 18.1 Å². The minimum atomic E-state index is -1.36. The van der Waals surface area contributed by atoms with E-state index in [4.69, 9.17) is 14.9 Å². The van der Waals surface area contributed by atoms with Crippen molar-refractivity contribution in [2.45, 2.75) is 31.9 Å². The zero-order valence-electron chi connectivity index (χ0n) is 13.5. The first-order chi connectivity index (χ1) is 11.3. The van der Waals surface area contributed by atoms with Gasteiger partial charge in [0, 0.05) is 13.0 Å². The Labute approximate surface area is 139 Å². The number of aliphatic carboxylic acids is 1. The van der Waals surface area contributed by atoms with Crippen molar-refractivity contribution in [1.82, 2.24) is 5.32 Å². The van der Waals surface area contributed by atoms with Crippen LogP contribution in [0.1, 0.15) is 20.3 Å². The van der Waals surface area contributed by atoms with Gasteiger partial charge < -0.3 is 25.2 Å². The van der Waals surface area contributed by atoms with Crippen LogP contribution in [0.4, 0.5) is 5.69 Å². The number of anilines is 1. The van der Waals surface area contributed by atoms with E-state index in [-0.39, 0.29) is 18.9 Å². The molecule has 0 spiro atoms. The summed E-state index contributed by atoms with van der Waals surface area (Å²) in [6.07, 6.45) is -0.0973. The van der Waals surface area contributed by atoms with Gasteiger partial charge in [0.2, 0.25) is 5.91 Å². The summed E-state index contributed by atoms with van der Waals surface area (Å²) in [4.78, 5) is 36.7. The van der Waals surface area contributed by atoms with Crippen LogP contribution in [0.15, 0.2) is 24.3 Å². The number of ether oxygens (including phenoxy) is 1. The van der Waals surface area contributed by atoms with Crippen LogP contribution >= 0.6 is 0 Å². The van der Waals surface area contributed by atoms with Gasteiger partial charge in [0.15, 0.2) is 5.60 Å². The SMILES string of the molecule is CC1(C)Oc2ccccc2N(CCC(=O)NC(CO)C(=O)O)C1=O. The smallest absolute Gasteiger partial charge is 0.328 e. The molecule has 130 valence electrons. The van der Waals surface area contributed by atoms with Crippen molar-refractivity contribution in [3.05, 3.63) is 24.3 Å². The molecule has 1 unspecified atom stereocenters. The highest BCUT2D eigenvalue weighted by molar-refractivity contribution is 6.02. The van der Waals surface area contributed by atoms with Gasteiger partial charge >= 0.3 is 5.97 Å². The van der Waals surface area contributed by atoms with E-state index in [2.05, 4.69) is 5.32 Å². The molecule has 0 aliphatic carbocycles. The molecule has 1 aliphatic rings. The lowest BCUT2D eigenvalue weighted by Gasteiger charge is -2.38. The summed E-state index contributed by atoms with van der Waals surface area (Å²) in [6.45, 7) is 2.66. The van der Waals surface area contributed by atoms with E-state index in [0.717, 1.165) is 0 Å². The Morgan fingerprint density at radius 3 is 2.62 bits per heavy atom. The highest BCUT2D eigenvalue weighted by atomic mass is 16.5. The molecule has 8 heteroatoms. The van der Waals surface area contributed by atoms with Crippen LogP contribution in [-0.2, 0) is 14.4 Å². The molecule has 0 aromatic heterocycles. The minimum absolute atomic E-state index is 0.0756. The van der Waals surface area contributed by atoms with Gasteiger partial charge in [0.1, 0.15) is 11.8 Å². The first-order valence-corrected chi connectivity index (χ1v) is 7.49. The fraction of sp³-hybridized carbons (Fsp3) is 0.438. The number of amides is 2. The van der Waals surface area contributed by atoms with Crippen LogP contribution in [-0.4, -0.2) is 52.8 Å². The van der Waals surface area contributed by atoms with Gasteiger partial charge in [-0.05, 0) is 26.0 Å². The maximum absolute atomic E-state index is 12.5. The third-order valence-corrected chi connectivity index (χ3v) is 3.66. The zero-order valence-corrected chi connectivity index (χ0v) is 13.5. The van der Waals surface area contributed by atoms with E-state index in [1.807, 2.05) is 0 Å². The molecule has 1 atom stereocenters. The molecule has 3 N–H and O–H groups in total. The molecule has 8 nitrogen and oxygen atoms in total. The van der Waals surface area contributed by atoms with Crippen LogP contribution in [0.3, 0.4) is 0 Å². The Kier molecular flexibility index (Phi) is 5.08. The molecular formula is C16H20N2O6. The first kappa shape index (κ1) is 17.7. The zero-order chi connectivity index (χ0) is 17.9. The summed E-state index contributed by atoms with van der Waals surface area (Å²) in [7, 11) is 0. The first-order valence-electron chi connectivity index (χ1n) is 7.49. The molecule has 2 amide bonds. The Bertz CT molecular complexity index is 658. The fourth-order valence-corrected chi connectivity index (χ4v) is 2.41. The number of hydrogen-bond donors (Lipinski definition) is 3. The molecule has 0 saturated heterocycles. The number of aliphatic hydroxyl groups is 1. The van der Waals surface area contributed by atoms with E-state index >= 15 is 0 Å². The van der Waals surface area contributed by atoms with Crippen molar-refractivity contribution in [3.63, 3.8) is 0 Å². The quantitative estimate of drug-likeness (QED) is 0.680. The van der Waals surface area contributed by atoms with E-state index in [1.165, 1.54) is 4.90 Å². The lowest BCUT2D eigenvalue weighted by Crippen LogP contribution is -2.53. The number of rotatable bonds is 6. The number of carbonyl (C=O) groups excluding carboxylic acids is 2. The van der Waals surface area contributed by atoms with Gasteiger partial charge in [-0.2, -0.15) is 0 Å². The summed E-state index contributed by atoms with van der Waals surface area (Å²) >= 11 is 0. The molecule has 1 aromatic rings. The molecule has 2 rings (SSSR count). The predicted octanol–water partition coefficient (Wildman–Crippen LogP) is 0.142. The number of benzene rings is 1. The number of nitrogens with one attached hydrogen (secondary N) is 1. The topological polar surface area (TPSA) is 116 Å². The summed E-state index contributed by atoms with van der Waals surface area (Å²) in [6, 6.07) is 5.64.